The Morgan fingerprint density at radius 2 is 1.17 bits per heavy atom. The van der Waals surface area contributed by atoms with E-state index in [0.717, 1.165) is 18.8 Å². The quantitative estimate of drug-likeness (QED) is 0.318. The first-order valence-electron chi connectivity index (χ1n) is 12.1. The minimum absolute atomic E-state index is 0.208. The van der Waals surface area contributed by atoms with E-state index in [4.69, 9.17) is 9.47 Å². The number of rotatable bonds is 13. The molecule has 3 aliphatic rings. The van der Waals surface area contributed by atoms with Crippen LogP contribution in [-0.2, 0) is 9.47 Å². The first kappa shape index (κ1) is 22.3. The Bertz CT molecular complexity index is 614. The molecular weight excluding hydrogens is 356 g/mol. The third-order valence-electron chi connectivity index (χ3n) is 6.25. The van der Waals surface area contributed by atoms with E-state index in [9.17, 15) is 0 Å². The van der Waals surface area contributed by atoms with E-state index in [0.29, 0.717) is 5.92 Å². The van der Waals surface area contributed by atoms with Gasteiger partial charge in [0.2, 0.25) is 0 Å². The van der Waals surface area contributed by atoms with E-state index in [1.165, 1.54) is 88.2 Å². The third-order valence-corrected chi connectivity index (χ3v) is 6.25. The van der Waals surface area contributed by atoms with Gasteiger partial charge in [0.05, 0.1) is 13.2 Å². The molecule has 1 heterocycles. The first-order chi connectivity index (χ1) is 14.4. The van der Waals surface area contributed by atoms with Gasteiger partial charge in [0.25, 0.3) is 0 Å². The van der Waals surface area contributed by atoms with Gasteiger partial charge in [0, 0.05) is 11.5 Å². The minimum Gasteiger partial charge on any atom is -0.348 e. The van der Waals surface area contributed by atoms with Crippen molar-refractivity contribution >= 4 is 0 Å². The lowest BCUT2D eigenvalue weighted by atomic mass is 10.0. The van der Waals surface area contributed by atoms with Gasteiger partial charge in [-0.3, -0.25) is 0 Å². The van der Waals surface area contributed by atoms with Crippen molar-refractivity contribution in [3.8, 4) is 11.1 Å². The second-order valence-electron chi connectivity index (χ2n) is 8.79. The molecule has 2 nitrogen and oxygen atoms in total. The SMILES string of the molecule is CCCCCCCCCCCCCC1COC(c2ccc3cccc-3cc2)OC1. The van der Waals surface area contributed by atoms with Crippen molar-refractivity contribution in [2.24, 2.45) is 5.92 Å². The fourth-order valence-corrected chi connectivity index (χ4v) is 4.34. The highest BCUT2D eigenvalue weighted by Crippen LogP contribution is 2.29. The predicted molar refractivity (Wildman–Crippen MR) is 122 cm³/mol. The van der Waals surface area contributed by atoms with Crippen LogP contribution in [0.15, 0.2) is 42.5 Å². The molecule has 2 aliphatic carbocycles. The summed E-state index contributed by atoms with van der Waals surface area (Å²) in [5.74, 6) is 0.559. The van der Waals surface area contributed by atoms with E-state index >= 15 is 0 Å². The minimum atomic E-state index is -0.208. The highest BCUT2D eigenvalue weighted by atomic mass is 16.7. The van der Waals surface area contributed by atoms with E-state index in [1.54, 1.807) is 0 Å². The van der Waals surface area contributed by atoms with Crippen LogP contribution in [0.25, 0.3) is 11.1 Å². The average molecular weight is 397 g/mol. The van der Waals surface area contributed by atoms with Crippen molar-refractivity contribution in [1.82, 2.24) is 0 Å². The van der Waals surface area contributed by atoms with Crippen molar-refractivity contribution < 1.29 is 9.47 Å². The molecule has 0 aromatic heterocycles. The zero-order chi connectivity index (χ0) is 20.2. The molecule has 160 valence electrons. The predicted octanol–water partition coefficient (Wildman–Crippen LogP) is 8.15. The summed E-state index contributed by atoms with van der Waals surface area (Å²) in [5.41, 5.74) is 3.65. The van der Waals surface area contributed by atoms with Crippen LogP contribution in [0.1, 0.15) is 95.8 Å². The molecule has 0 unspecified atom stereocenters. The van der Waals surface area contributed by atoms with E-state index < -0.39 is 0 Å². The van der Waals surface area contributed by atoms with Crippen LogP contribution < -0.4 is 0 Å². The summed E-state index contributed by atoms with van der Waals surface area (Å²) in [5, 5.41) is 0. The summed E-state index contributed by atoms with van der Waals surface area (Å²) in [7, 11) is 0. The molecule has 1 saturated heterocycles. The second kappa shape index (κ2) is 13.0. The molecule has 2 heteroatoms. The summed E-state index contributed by atoms with van der Waals surface area (Å²) < 4.78 is 12.1. The molecule has 3 rings (SSSR count). The molecule has 1 fully saturated rings. The van der Waals surface area contributed by atoms with E-state index in [-0.39, 0.29) is 6.29 Å². The molecule has 0 amide bonds. The topological polar surface area (TPSA) is 18.5 Å². The molecule has 0 radical (unpaired) electrons. The fourth-order valence-electron chi connectivity index (χ4n) is 4.34. The Labute approximate surface area is 178 Å². The normalized spacial score (nSPS) is 19.6. The Kier molecular flexibility index (Phi) is 10.0. The van der Waals surface area contributed by atoms with Crippen molar-refractivity contribution in [2.45, 2.75) is 90.3 Å². The first-order valence-corrected chi connectivity index (χ1v) is 12.1. The number of hydrogen-bond donors (Lipinski definition) is 0. The lowest BCUT2D eigenvalue weighted by Gasteiger charge is -2.29. The summed E-state index contributed by atoms with van der Waals surface area (Å²) in [6, 6.07) is 15.0. The van der Waals surface area contributed by atoms with Crippen molar-refractivity contribution in [1.29, 1.82) is 0 Å². The molecule has 0 bridgehead atoms. The van der Waals surface area contributed by atoms with Gasteiger partial charge in [0.15, 0.2) is 6.29 Å². The number of unbranched alkanes of at least 4 members (excludes halogenated alkanes) is 10. The zero-order valence-electron chi connectivity index (χ0n) is 18.4. The standard InChI is InChI=1S/C27H40O2/c1-2-3-4-5-6-7-8-9-10-11-12-14-23-21-28-27(29-22-23)26-19-17-24-15-13-16-25(24)18-20-26/h13,15-20,23,27H,2-12,14,21-22H2,1H3. The molecule has 0 aromatic carbocycles. The fraction of sp³-hybridized carbons (Fsp3) is 0.630. The van der Waals surface area contributed by atoms with Crippen LogP contribution >= 0.6 is 0 Å². The molecule has 0 N–H and O–H groups in total. The van der Waals surface area contributed by atoms with Crippen molar-refractivity contribution in [3.05, 3.63) is 48.0 Å². The lowest BCUT2D eigenvalue weighted by molar-refractivity contribution is -0.206. The van der Waals surface area contributed by atoms with Crippen LogP contribution in [0.4, 0.5) is 0 Å². The number of fused-ring (bicyclic) bond motifs is 1. The third kappa shape index (κ3) is 7.75. The largest absolute Gasteiger partial charge is 0.348 e. The van der Waals surface area contributed by atoms with Gasteiger partial charge in [-0.25, -0.2) is 0 Å². The van der Waals surface area contributed by atoms with E-state index in [1.807, 2.05) is 0 Å². The molecule has 0 aromatic rings. The van der Waals surface area contributed by atoms with Crippen LogP contribution in [0.3, 0.4) is 0 Å². The van der Waals surface area contributed by atoms with Crippen LogP contribution in [-0.4, -0.2) is 13.2 Å². The van der Waals surface area contributed by atoms with Gasteiger partial charge in [0.1, 0.15) is 0 Å². The summed E-state index contributed by atoms with van der Waals surface area (Å²) in [6.07, 6.45) is 16.4. The second-order valence-corrected chi connectivity index (χ2v) is 8.79. The van der Waals surface area contributed by atoms with Gasteiger partial charge < -0.3 is 9.47 Å². The highest BCUT2D eigenvalue weighted by molar-refractivity contribution is 5.65. The molecule has 0 atom stereocenters. The molecule has 1 aliphatic heterocycles. The molecular formula is C27H40O2. The lowest BCUT2D eigenvalue weighted by Crippen LogP contribution is -2.26. The Morgan fingerprint density at radius 1 is 0.655 bits per heavy atom. The van der Waals surface area contributed by atoms with Gasteiger partial charge in [-0.05, 0) is 17.5 Å². The van der Waals surface area contributed by atoms with E-state index in [2.05, 4.69) is 49.4 Å². The zero-order valence-corrected chi connectivity index (χ0v) is 18.4. The smallest absolute Gasteiger partial charge is 0.183 e. The maximum absolute atomic E-state index is 6.05. The van der Waals surface area contributed by atoms with Crippen LogP contribution in [0, 0.1) is 5.92 Å². The summed E-state index contributed by atoms with van der Waals surface area (Å²) in [4.78, 5) is 0. The van der Waals surface area contributed by atoms with Gasteiger partial charge in [-0.2, -0.15) is 0 Å². The van der Waals surface area contributed by atoms with Gasteiger partial charge in [-0.1, -0.05) is 120 Å². The maximum atomic E-state index is 6.05. The molecule has 29 heavy (non-hydrogen) atoms. The molecule has 0 spiro atoms. The monoisotopic (exact) mass is 396 g/mol. The van der Waals surface area contributed by atoms with Crippen LogP contribution in [0.2, 0.25) is 0 Å². The average Bonchev–Trinajstić information content (AvgIpc) is 3.11. The number of ether oxygens (including phenoxy) is 2. The number of hydrogen-bond acceptors (Lipinski definition) is 2. The maximum Gasteiger partial charge on any atom is 0.183 e. The Morgan fingerprint density at radius 3 is 1.72 bits per heavy atom. The van der Waals surface area contributed by atoms with Crippen molar-refractivity contribution in [3.63, 3.8) is 0 Å². The Balaban J connectivity index is 1.23. The van der Waals surface area contributed by atoms with Gasteiger partial charge >= 0.3 is 0 Å². The van der Waals surface area contributed by atoms with Crippen LogP contribution in [0.5, 0.6) is 0 Å². The Hall–Kier alpha value is -1.38. The molecule has 0 saturated carbocycles. The van der Waals surface area contributed by atoms with Gasteiger partial charge in [-0.15, -0.1) is 0 Å². The highest BCUT2D eigenvalue weighted by Gasteiger charge is 2.23. The summed E-state index contributed by atoms with van der Waals surface area (Å²) >= 11 is 0. The van der Waals surface area contributed by atoms with Crippen molar-refractivity contribution in [2.75, 3.05) is 13.2 Å². The summed E-state index contributed by atoms with van der Waals surface area (Å²) in [6.45, 7) is 3.94.